The number of ketones is 1. The predicted molar refractivity (Wildman–Crippen MR) is 68.0 cm³/mol. The Morgan fingerprint density at radius 2 is 1.75 bits per heavy atom. The van der Waals surface area contributed by atoms with E-state index in [1.54, 1.807) is 6.08 Å². The van der Waals surface area contributed by atoms with Crippen molar-refractivity contribution in [2.45, 2.75) is 32.6 Å². The summed E-state index contributed by atoms with van der Waals surface area (Å²) in [6.07, 6.45) is 3.86. The van der Waals surface area contributed by atoms with Gasteiger partial charge in [-0.15, -0.1) is 0 Å². The molecule has 20 heavy (non-hydrogen) atoms. The normalized spacial score (nSPS) is 12.1. The number of carbonyl (C=O) groups is 4. The van der Waals surface area contributed by atoms with Crippen LogP contribution in [0.15, 0.2) is 12.2 Å². The van der Waals surface area contributed by atoms with E-state index < -0.39 is 42.5 Å². The lowest BCUT2D eigenvalue weighted by Gasteiger charge is -2.10. The molecule has 0 saturated heterocycles. The van der Waals surface area contributed by atoms with Crippen molar-refractivity contribution in [2.75, 3.05) is 6.61 Å². The molecule has 0 rings (SSSR count). The monoisotopic (exact) mass is 286 g/mol. The fourth-order valence-electron chi connectivity index (χ4n) is 1.34. The first-order chi connectivity index (χ1) is 9.40. The lowest BCUT2D eigenvalue weighted by molar-refractivity contribution is -0.162. The van der Waals surface area contributed by atoms with E-state index in [1.807, 2.05) is 13.0 Å². The number of rotatable bonds is 10. The Morgan fingerprint density at radius 1 is 1.10 bits per heavy atom. The molecule has 0 radical (unpaired) electrons. The third-order valence-corrected chi connectivity index (χ3v) is 2.32. The van der Waals surface area contributed by atoms with Crippen molar-refractivity contribution >= 4 is 23.7 Å². The number of hydrogen-bond acceptors (Lipinski definition) is 5. The van der Waals surface area contributed by atoms with Gasteiger partial charge < -0.3 is 14.9 Å². The molecule has 0 aromatic rings. The average Bonchev–Trinajstić information content (AvgIpc) is 2.35. The van der Waals surface area contributed by atoms with Crippen molar-refractivity contribution in [2.24, 2.45) is 5.92 Å². The van der Waals surface area contributed by atoms with Crippen LogP contribution in [0.4, 0.5) is 0 Å². The summed E-state index contributed by atoms with van der Waals surface area (Å²) in [7, 11) is 0. The van der Waals surface area contributed by atoms with Gasteiger partial charge in [0, 0.05) is 6.42 Å². The van der Waals surface area contributed by atoms with E-state index in [-0.39, 0.29) is 6.61 Å². The molecule has 0 spiro atoms. The molecule has 2 N–H and O–H groups in total. The van der Waals surface area contributed by atoms with Crippen molar-refractivity contribution in [1.29, 1.82) is 0 Å². The first kappa shape index (κ1) is 17.8. The number of carboxylic acid groups (broad SMARTS) is 2. The van der Waals surface area contributed by atoms with Crippen LogP contribution in [0, 0.1) is 5.92 Å². The van der Waals surface area contributed by atoms with Gasteiger partial charge in [0.15, 0.2) is 5.78 Å². The Hall–Kier alpha value is -2.18. The van der Waals surface area contributed by atoms with Crippen LogP contribution in [0.3, 0.4) is 0 Å². The van der Waals surface area contributed by atoms with Gasteiger partial charge in [-0.05, 0) is 12.8 Å². The van der Waals surface area contributed by atoms with Gasteiger partial charge in [0.2, 0.25) is 5.92 Å². The molecule has 0 bridgehead atoms. The smallest absolute Gasteiger partial charge is 0.328 e. The number of aliphatic carboxylic acids is 2. The van der Waals surface area contributed by atoms with Crippen molar-refractivity contribution in [3.05, 3.63) is 12.2 Å². The second kappa shape index (κ2) is 9.71. The maximum atomic E-state index is 11.5. The van der Waals surface area contributed by atoms with Gasteiger partial charge in [0.1, 0.15) is 0 Å². The fourth-order valence-corrected chi connectivity index (χ4v) is 1.34. The van der Waals surface area contributed by atoms with Crippen LogP contribution < -0.4 is 0 Å². The lowest BCUT2D eigenvalue weighted by atomic mass is 10.0. The molecular weight excluding hydrogens is 268 g/mol. The van der Waals surface area contributed by atoms with Crippen LogP contribution in [0.5, 0.6) is 0 Å². The molecule has 0 aliphatic rings. The van der Waals surface area contributed by atoms with Gasteiger partial charge in [0.05, 0.1) is 13.0 Å². The van der Waals surface area contributed by atoms with Gasteiger partial charge in [-0.1, -0.05) is 19.1 Å². The lowest BCUT2D eigenvalue weighted by Crippen LogP contribution is -2.33. The highest BCUT2D eigenvalue weighted by molar-refractivity contribution is 6.14. The van der Waals surface area contributed by atoms with Gasteiger partial charge in [0.25, 0.3) is 0 Å². The summed E-state index contributed by atoms with van der Waals surface area (Å²) in [5.41, 5.74) is 0. The first-order valence-electron chi connectivity index (χ1n) is 6.19. The van der Waals surface area contributed by atoms with Gasteiger partial charge in [-0.2, -0.15) is 0 Å². The Labute approximate surface area is 116 Å². The first-order valence-corrected chi connectivity index (χ1v) is 6.19. The molecule has 0 saturated carbocycles. The van der Waals surface area contributed by atoms with Crippen molar-refractivity contribution in [3.8, 4) is 0 Å². The molecule has 0 aromatic heterocycles. The molecule has 0 aromatic carbocycles. The molecule has 7 nitrogen and oxygen atoms in total. The standard InChI is InChI=1S/C13H18O7/c1-2-3-4-5-8-20-13(19)11(12(17)18)9(14)6-7-10(15)16/h3-4,11H,2,5-8H2,1H3,(H,15,16)(H,17,18). The predicted octanol–water partition coefficient (Wildman–Crippen LogP) is 1.02. The van der Waals surface area contributed by atoms with Crippen LogP contribution in [0.25, 0.3) is 0 Å². The zero-order valence-electron chi connectivity index (χ0n) is 11.2. The number of esters is 1. The van der Waals surface area contributed by atoms with Crippen molar-refractivity contribution in [1.82, 2.24) is 0 Å². The third kappa shape index (κ3) is 7.30. The summed E-state index contributed by atoms with van der Waals surface area (Å²) in [5.74, 6) is -6.94. The van der Waals surface area contributed by atoms with Crippen LogP contribution in [-0.2, 0) is 23.9 Å². The third-order valence-electron chi connectivity index (χ3n) is 2.32. The van der Waals surface area contributed by atoms with E-state index in [9.17, 15) is 19.2 Å². The maximum Gasteiger partial charge on any atom is 0.328 e. The van der Waals surface area contributed by atoms with Crippen molar-refractivity contribution < 1.29 is 34.1 Å². The molecule has 0 aliphatic heterocycles. The fraction of sp³-hybridized carbons (Fsp3) is 0.538. The minimum atomic E-state index is -1.95. The van der Waals surface area contributed by atoms with Gasteiger partial charge in [-0.3, -0.25) is 19.2 Å². The molecule has 1 unspecified atom stereocenters. The molecule has 1 atom stereocenters. The minimum absolute atomic E-state index is 0.0225. The Morgan fingerprint density at radius 3 is 2.25 bits per heavy atom. The van der Waals surface area contributed by atoms with Crippen LogP contribution in [0.2, 0.25) is 0 Å². The molecule has 0 amide bonds. The van der Waals surface area contributed by atoms with Gasteiger partial charge in [-0.25, -0.2) is 0 Å². The van der Waals surface area contributed by atoms with E-state index >= 15 is 0 Å². The molecular formula is C13H18O7. The SMILES string of the molecule is CCC=CCCOC(=O)C(C(=O)O)C(=O)CCC(=O)O. The van der Waals surface area contributed by atoms with Crippen LogP contribution in [-0.4, -0.2) is 40.5 Å². The Bertz CT molecular complexity index is 398. The highest BCUT2D eigenvalue weighted by atomic mass is 16.5. The number of allylic oxidation sites excluding steroid dienone is 1. The van der Waals surface area contributed by atoms with E-state index in [1.165, 1.54) is 0 Å². The van der Waals surface area contributed by atoms with E-state index in [2.05, 4.69) is 0 Å². The summed E-state index contributed by atoms with van der Waals surface area (Å²) in [5, 5.41) is 17.3. The highest BCUT2D eigenvalue weighted by Gasteiger charge is 2.35. The summed E-state index contributed by atoms with van der Waals surface area (Å²) >= 11 is 0. The minimum Gasteiger partial charge on any atom is -0.481 e. The quantitative estimate of drug-likeness (QED) is 0.266. The number of carbonyl (C=O) groups excluding carboxylic acids is 2. The van der Waals surface area contributed by atoms with Crippen LogP contribution >= 0.6 is 0 Å². The number of ether oxygens (including phenoxy) is 1. The maximum absolute atomic E-state index is 11.5. The summed E-state index contributed by atoms with van der Waals surface area (Å²) in [6, 6.07) is 0. The molecule has 7 heteroatoms. The molecule has 0 fully saturated rings. The van der Waals surface area contributed by atoms with E-state index in [4.69, 9.17) is 14.9 Å². The zero-order valence-corrected chi connectivity index (χ0v) is 11.2. The second-order valence-electron chi connectivity index (χ2n) is 3.97. The average molecular weight is 286 g/mol. The number of hydrogen-bond donors (Lipinski definition) is 2. The summed E-state index contributed by atoms with van der Waals surface area (Å²) in [6.45, 7) is 1.91. The number of carboxylic acids is 2. The molecule has 0 aliphatic carbocycles. The number of Topliss-reactive ketones (excluding diaryl/α,β-unsaturated/α-hetero) is 1. The topological polar surface area (TPSA) is 118 Å². The Kier molecular flexibility index (Phi) is 8.65. The van der Waals surface area contributed by atoms with E-state index in [0.717, 1.165) is 6.42 Å². The summed E-state index contributed by atoms with van der Waals surface area (Å²) < 4.78 is 4.70. The van der Waals surface area contributed by atoms with Gasteiger partial charge >= 0.3 is 17.9 Å². The molecule has 0 heterocycles. The molecule has 112 valence electrons. The van der Waals surface area contributed by atoms with E-state index in [0.29, 0.717) is 6.42 Å². The zero-order chi connectivity index (χ0) is 15.5. The summed E-state index contributed by atoms with van der Waals surface area (Å²) in [4.78, 5) is 44.2. The largest absolute Gasteiger partial charge is 0.481 e. The second-order valence-corrected chi connectivity index (χ2v) is 3.97. The van der Waals surface area contributed by atoms with Crippen molar-refractivity contribution in [3.63, 3.8) is 0 Å². The highest BCUT2D eigenvalue weighted by Crippen LogP contribution is 2.08. The Balaban J connectivity index is 4.39. The van der Waals surface area contributed by atoms with Crippen LogP contribution in [0.1, 0.15) is 32.6 Å².